The number of aliphatic hydroxyl groups excluding tert-OH is 1. The fourth-order valence-electron chi connectivity index (χ4n) is 4.21. The van der Waals surface area contributed by atoms with Crippen LogP contribution in [0.4, 0.5) is 11.6 Å². The fraction of sp³-hybridized carbons (Fsp3) is 0.360. The zero-order chi connectivity index (χ0) is 25.8. The lowest BCUT2D eigenvalue weighted by Gasteiger charge is -2.23. The van der Waals surface area contributed by atoms with E-state index in [4.69, 9.17) is 24.3 Å². The van der Waals surface area contributed by atoms with Gasteiger partial charge < -0.3 is 34.9 Å². The number of aliphatic hydroxyl groups is 1. The van der Waals surface area contributed by atoms with Crippen molar-refractivity contribution in [2.75, 3.05) is 38.8 Å². The van der Waals surface area contributed by atoms with E-state index >= 15 is 0 Å². The highest BCUT2D eigenvalue weighted by Crippen LogP contribution is 2.36. The van der Waals surface area contributed by atoms with Gasteiger partial charge in [-0.15, -0.1) is 0 Å². The highest BCUT2D eigenvalue weighted by Gasteiger charge is 2.22. The van der Waals surface area contributed by atoms with Crippen molar-refractivity contribution in [3.63, 3.8) is 0 Å². The van der Waals surface area contributed by atoms with Crippen LogP contribution >= 0.6 is 0 Å². The molecule has 4 heterocycles. The minimum Gasteiger partial charge on any atom is -0.495 e. The molecule has 1 amide bonds. The molecule has 194 valence electrons. The molecule has 3 aromatic heterocycles. The largest absolute Gasteiger partial charge is 0.495 e. The van der Waals surface area contributed by atoms with Crippen molar-refractivity contribution in [1.29, 1.82) is 0 Å². The van der Waals surface area contributed by atoms with Crippen molar-refractivity contribution in [2.24, 2.45) is 7.05 Å². The van der Waals surface area contributed by atoms with Gasteiger partial charge in [-0.25, -0.2) is 0 Å². The quantitative estimate of drug-likeness (QED) is 0.268. The first-order chi connectivity index (χ1) is 18.1. The van der Waals surface area contributed by atoms with Crippen LogP contribution in [0.3, 0.4) is 0 Å². The van der Waals surface area contributed by atoms with Crippen LogP contribution in [0, 0.1) is 0 Å². The molecule has 5 rings (SSSR count). The molecule has 0 spiro atoms. The van der Waals surface area contributed by atoms with Gasteiger partial charge in [0.15, 0.2) is 0 Å². The second kappa shape index (κ2) is 10.8. The molecule has 1 aliphatic rings. The van der Waals surface area contributed by atoms with Gasteiger partial charge in [0.05, 0.1) is 44.2 Å². The third-order valence-corrected chi connectivity index (χ3v) is 6.07. The number of fused-ring (bicyclic) bond motifs is 1. The van der Waals surface area contributed by atoms with Gasteiger partial charge in [-0.3, -0.25) is 9.48 Å². The van der Waals surface area contributed by atoms with Crippen LogP contribution in [0.15, 0.2) is 36.8 Å². The van der Waals surface area contributed by atoms with E-state index in [1.54, 1.807) is 29.1 Å². The van der Waals surface area contributed by atoms with Crippen LogP contribution in [-0.4, -0.2) is 75.3 Å². The Labute approximate surface area is 213 Å². The third kappa shape index (κ3) is 5.34. The predicted octanol–water partition coefficient (Wildman–Crippen LogP) is 2.39. The van der Waals surface area contributed by atoms with E-state index in [9.17, 15) is 4.79 Å². The summed E-state index contributed by atoms with van der Waals surface area (Å²) < 4.78 is 19.1. The van der Waals surface area contributed by atoms with E-state index in [0.29, 0.717) is 47.7 Å². The first kappa shape index (κ1) is 24.5. The second-order valence-corrected chi connectivity index (χ2v) is 8.63. The Morgan fingerprint density at radius 3 is 2.86 bits per heavy atom. The molecule has 1 saturated heterocycles. The third-order valence-electron chi connectivity index (χ3n) is 6.07. The number of carbonyl (C=O) groups excluding carboxylic acids is 1. The summed E-state index contributed by atoms with van der Waals surface area (Å²) >= 11 is 0. The molecule has 1 fully saturated rings. The summed E-state index contributed by atoms with van der Waals surface area (Å²) in [6.45, 7) is 1.31. The number of aromatic amines is 1. The molecule has 0 unspecified atom stereocenters. The van der Waals surface area contributed by atoms with Crippen LogP contribution in [0.2, 0.25) is 0 Å². The number of ether oxygens (including phenoxy) is 3. The van der Waals surface area contributed by atoms with Gasteiger partial charge in [-0.05, 0) is 18.2 Å². The number of anilines is 2. The highest BCUT2D eigenvalue weighted by atomic mass is 16.5. The molecule has 0 aliphatic carbocycles. The number of nitrogens with zero attached hydrogens (tertiary/aromatic N) is 4. The van der Waals surface area contributed by atoms with Gasteiger partial charge in [-0.2, -0.15) is 15.1 Å². The van der Waals surface area contributed by atoms with Gasteiger partial charge in [0.2, 0.25) is 11.8 Å². The first-order valence-corrected chi connectivity index (χ1v) is 12.0. The van der Waals surface area contributed by atoms with Gasteiger partial charge in [0, 0.05) is 55.5 Å². The summed E-state index contributed by atoms with van der Waals surface area (Å²) in [5.41, 5.74) is 3.41. The van der Waals surface area contributed by atoms with Crippen LogP contribution < -0.4 is 20.1 Å². The summed E-state index contributed by atoms with van der Waals surface area (Å²) in [7, 11) is 3.38. The molecule has 0 radical (unpaired) electrons. The molecular weight excluding hydrogens is 478 g/mol. The lowest BCUT2D eigenvalue weighted by molar-refractivity contribution is 0.0244. The number of aryl methyl sites for hydroxylation is 1. The van der Waals surface area contributed by atoms with Crippen molar-refractivity contribution in [2.45, 2.75) is 18.9 Å². The Balaban J connectivity index is 1.50. The predicted molar refractivity (Wildman–Crippen MR) is 136 cm³/mol. The van der Waals surface area contributed by atoms with Crippen molar-refractivity contribution in [3.05, 3.63) is 42.4 Å². The summed E-state index contributed by atoms with van der Waals surface area (Å²) in [5, 5.41) is 19.8. The molecule has 12 nitrogen and oxygen atoms in total. The first-order valence-electron chi connectivity index (χ1n) is 12.0. The van der Waals surface area contributed by atoms with Crippen LogP contribution in [0.5, 0.6) is 11.6 Å². The smallest absolute Gasteiger partial charge is 0.251 e. The fourth-order valence-corrected chi connectivity index (χ4v) is 4.21. The number of rotatable bonds is 9. The standard InChI is InChI=1S/C25H29N7O5/c1-32-14-16(12-28-32)18-13-27-22-21(18)24(37-17-5-9-36-10-6-17)31-25(30-22)29-19-4-3-15(11-20(19)35-2)23(34)26-7-8-33/h3-4,11-14,17,33H,5-10H2,1-2H3,(H,26,34)(H2,27,29,30,31). The Bertz CT molecular complexity index is 1390. The molecule has 0 bridgehead atoms. The molecule has 0 saturated carbocycles. The zero-order valence-corrected chi connectivity index (χ0v) is 20.7. The highest BCUT2D eigenvalue weighted by molar-refractivity contribution is 5.98. The molecule has 37 heavy (non-hydrogen) atoms. The Morgan fingerprint density at radius 2 is 2.14 bits per heavy atom. The maximum Gasteiger partial charge on any atom is 0.251 e. The molecule has 0 atom stereocenters. The van der Waals surface area contributed by atoms with Gasteiger partial charge >= 0.3 is 0 Å². The summed E-state index contributed by atoms with van der Waals surface area (Å²) in [6, 6.07) is 4.99. The monoisotopic (exact) mass is 507 g/mol. The number of aromatic nitrogens is 5. The number of nitrogens with one attached hydrogen (secondary N) is 3. The van der Waals surface area contributed by atoms with Crippen molar-refractivity contribution in [1.82, 2.24) is 30.0 Å². The number of hydrogen-bond donors (Lipinski definition) is 4. The van der Waals surface area contributed by atoms with E-state index in [0.717, 1.165) is 29.4 Å². The van der Waals surface area contributed by atoms with Crippen molar-refractivity contribution < 1.29 is 24.1 Å². The number of benzene rings is 1. The van der Waals surface area contributed by atoms with Gasteiger partial charge in [0.1, 0.15) is 17.5 Å². The normalized spacial score (nSPS) is 14.0. The van der Waals surface area contributed by atoms with E-state index in [1.165, 1.54) is 7.11 Å². The molecule has 1 aliphatic heterocycles. The lowest BCUT2D eigenvalue weighted by Crippen LogP contribution is -2.26. The topological polar surface area (TPSA) is 148 Å². The SMILES string of the molecule is COc1cc(C(=O)NCCO)ccc1Nc1nc(OC2CCOCC2)c2c(-c3cnn(C)c3)c[nH]c2n1. The van der Waals surface area contributed by atoms with E-state index in [1.807, 2.05) is 19.4 Å². The lowest BCUT2D eigenvalue weighted by atomic mass is 10.1. The number of carbonyl (C=O) groups is 1. The van der Waals surface area contributed by atoms with Crippen LogP contribution in [-0.2, 0) is 11.8 Å². The average molecular weight is 508 g/mol. The number of methoxy groups -OCH3 is 1. The number of hydrogen-bond acceptors (Lipinski definition) is 9. The van der Waals surface area contributed by atoms with Gasteiger partial charge in [0.25, 0.3) is 5.91 Å². The van der Waals surface area contributed by atoms with Crippen molar-refractivity contribution >= 4 is 28.6 Å². The number of amides is 1. The van der Waals surface area contributed by atoms with E-state index < -0.39 is 0 Å². The zero-order valence-electron chi connectivity index (χ0n) is 20.7. The van der Waals surface area contributed by atoms with Crippen LogP contribution in [0.25, 0.3) is 22.2 Å². The van der Waals surface area contributed by atoms with Gasteiger partial charge in [-0.1, -0.05) is 0 Å². The Hall–Kier alpha value is -4.16. The molecule has 4 N–H and O–H groups in total. The summed E-state index contributed by atoms with van der Waals surface area (Å²) in [4.78, 5) is 24.9. The minimum atomic E-state index is -0.307. The summed E-state index contributed by atoms with van der Waals surface area (Å²) in [5.74, 6) is 0.899. The van der Waals surface area contributed by atoms with Crippen LogP contribution in [0.1, 0.15) is 23.2 Å². The van der Waals surface area contributed by atoms with E-state index in [-0.39, 0.29) is 25.2 Å². The average Bonchev–Trinajstić information content (AvgIpc) is 3.54. The number of H-pyrrole nitrogens is 1. The second-order valence-electron chi connectivity index (χ2n) is 8.63. The van der Waals surface area contributed by atoms with Crippen molar-refractivity contribution in [3.8, 4) is 22.8 Å². The minimum absolute atomic E-state index is 0.0254. The molecule has 4 aromatic rings. The van der Waals surface area contributed by atoms with E-state index in [2.05, 4.69) is 25.7 Å². The maximum atomic E-state index is 12.3. The molecular formula is C25H29N7O5. The Kier molecular flexibility index (Phi) is 7.19. The maximum absolute atomic E-state index is 12.3. The Morgan fingerprint density at radius 1 is 1.30 bits per heavy atom. The molecule has 1 aromatic carbocycles. The molecule has 12 heteroatoms. The summed E-state index contributed by atoms with van der Waals surface area (Å²) in [6.07, 6.45) is 7.11.